The first kappa shape index (κ1) is 25.1. The van der Waals surface area contributed by atoms with Crippen LogP contribution in [0.2, 0.25) is 0 Å². The average molecular weight is 489 g/mol. The molecule has 1 aromatic heterocycles. The number of likely N-dealkylation sites (N-methyl/N-ethyl adjacent to an activating group) is 1. The first-order chi connectivity index (χ1) is 16.9. The van der Waals surface area contributed by atoms with E-state index in [4.69, 9.17) is 9.47 Å². The summed E-state index contributed by atoms with van der Waals surface area (Å²) in [6.07, 6.45) is 7.42. The van der Waals surface area contributed by atoms with Gasteiger partial charge in [-0.15, -0.1) is 0 Å². The fraction of sp³-hybridized carbons (Fsp3) is 0.577. The second-order valence-electron chi connectivity index (χ2n) is 9.60. The van der Waals surface area contributed by atoms with E-state index in [9.17, 15) is 13.6 Å². The number of carbonyl (C=O) groups is 1. The summed E-state index contributed by atoms with van der Waals surface area (Å²) in [4.78, 5) is 24.2. The Kier molecular flexibility index (Phi) is 8.03. The Morgan fingerprint density at radius 2 is 1.74 bits per heavy atom. The number of ether oxygens (including phenoxy) is 2. The third kappa shape index (κ3) is 6.38. The molecule has 1 aliphatic heterocycles. The third-order valence-electron chi connectivity index (χ3n) is 7.03. The molecule has 2 aromatic rings. The lowest BCUT2D eigenvalue weighted by atomic mass is 9.90. The molecule has 1 aromatic carbocycles. The fourth-order valence-electron chi connectivity index (χ4n) is 4.89. The predicted molar refractivity (Wildman–Crippen MR) is 129 cm³/mol. The van der Waals surface area contributed by atoms with Crippen LogP contribution in [0.4, 0.5) is 14.7 Å². The average Bonchev–Trinajstić information content (AvgIpc) is 3.61. The fourth-order valence-corrected chi connectivity index (χ4v) is 4.89. The second-order valence-corrected chi connectivity index (χ2v) is 9.60. The molecule has 0 unspecified atom stereocenters. The summed E-state index contributed by atoms with van der Waals surface area (Å²) in [7, 11) is 3.11. The van der Waals surface area contributed by atoms with Gasteiger partial charge in [-0.05, 0) is 50.4 Å². The van der Waals surface area contributed by atoms with E-state index in [-0.39, 0.29) is 23.6 Å². The van der Waals surface area contributed by atoms with Crippen molar-refractivity contribution >= 4 is 11.9 Å². The molecule has 7 nitrogen and oxygen atoms in total. The molecule has 1 aliphatic carbocycles. The number of rotatable bonds is 10. The number of hydrogen-bond acceptors (Lipinski definition) is 6. The van der Waals surface area contributed by atoms with Crippen molar-refractivity contribution in [2.24, 2.45) is 17.8 Å². The van der Waals surface area contributed by atoms with Gasteiger partial charge in [0, 0.05) is 44.9 Å². The summed E-state index contributed by atoms with van der Waals surface area (Å²) in [6.45, 7) is 4.85. The third-order valence-corrected chi connectivity index (χ3v) is 7.03. The van der Waals surface area contributed by atoms with E-state index < -0.39 is 11.6 Å². The van der Waals surface area contributed by atoms with Crippen LogP contribution in [0.25, 0.3) is 0 Å². The number of carbonyl (C=O) groups excluding carboxylic acids is 1. The Labute approximate surface area is 205 Å². The van der Waals surface area contributed by atoms with Crippen LogP contribution in [0.1, 0.15) is 38.2 Å². The lowest BCUT2D eigenvalue weighted by Gasteiger charge is -2.32. The van der Waals surface area contributed by atoms with Gasteiger partial charge >= 0.3 is 0 Å². The monoisotopic (exact) mass is 488 g/mol. The molecule has 2 heterocycles. The molecule has 2 aliphatic rings. The number of hydrogen-bond donors (Lipinski definition) is 0. The van der Waals surface area contributed by atoms with Crippen LogP contribution in [0.5, 0.6) is 11.5 Å². The molecule has 190 valence electrons. The minimum Gasteiger partial charge on any atom is -0.493 e. The largest absolute Gasteiger partial charge is 0.493 e. The highest BCUT2D eigenvalue weighted by molar-refractivity contribution is 5.78. The van der Waals surface area contributed by atoms with Crippen molar-refractivity contribution in [3.63, 3.8) is 0 Å². The highest BCUT2D eigenvalue weighted by atomic mass is 19.1. The Bertz CT molecular complexity index is 987. The molecular formula is C26H34F2N4O3. The normalized spacial score (nSPS) is 20.0. The molecule has 1 amide bonds. The van der Waals surface area contributed by atoms with Gasteiger partial charge in [-0.25, -0.2) is 18.7 Å². The van der Waals surface area contributed by atoms with Gasteiger partial charge in [0.1, 0.15) is 17.4 Å². The zero-order chi connectivity index (χ0) is 24.9. The molecule has 35 heavy (non-hydrogen) atoms. The molecule has 1 saturated heterocycles. The van der Waals surface area contributed by atoms with Crippen molar-refractivity contribution in [1.29, 1.82) is 0 Å². The summed E-state index contributed by atoms with van der Waals surface area (Å²) in [5.41, 5.74) is -0.222. The van der Waals surface area contributed by atoms with E-state index >= 15 is 0 Å². The molecule has 0 radical (unpaired) electrons. The molecule has 0 bridgehead atoms. The molecule has 4 rings (SSSR count). The highest BCUT2D eigenvalue weighted by Gasteiger charge is 2.43. The van der Waals surface area contributed by atoms with Gasteiger partial charge in [0.05, 0.1) is 32.0 Å². The second kappa shape index (κ2) is 11.2. The van der Waals surface area contributed by atoms with E-state index in [2.05, 4.69) is 14.9 Å². The number of nitrogens with zero attached hydrogens (tertiary/aromatic N) is 4. The summed E-state index contributed by atoms with van der Waals surface area (Å²) >= 11 is 0. The molecular weight excluding hydrogens is 454 g/mol. The van der Waals surface area contributed by atoms with E-state index in [1.54, 1.807) is 26.5 Å². The molecule has 2 fully saturated rings. The zero-order valence-electron chi connectivity index (χ0n) is 20.7. The minimum atomic E-state index is -0.747. The van der Waals surface area contributed by atoms with Gasteiger partial charge in [-0.2, -0.15) is 0 Å². The maximum absolute atomic E-state index is 14.3. The maximum atomic E-state index is 14.3. The number of halogens is 2. The quantitative estimate of drug-likeness (QED) is 0.502. The molecule has 1 saturated carbocycles. The number of aromatic nitrogens is 2. The lowest BCUT2D eigenvalue weighted by molar-refractivity contribution is -0.128. The van der Waals surface area contributed by atoms with Gasteiger partial charge in [0.2, 0.25) is 11.9 Å². The summed E-state index contributed by atoms with van der Waals surface area (Å²) < 4.78 is 39.7. The first-order valence-electron chi connectivity index (χ1n) is 12.4. The van der Waals surface area contributed by atoms with Gasteiger partial charge < -0.3 is 19.3 Å². The number of benzene rings is 1. The van der Waals surface area contributed by atoms with Crippen molar-refractivity contribution in [3.05, 3.63) is 41.7 Å². The maximum Gasteiger partial charge on any atom is 0.226 e. The summed E-state index contributed by atoms with van der Waals surface area (Å²) in [6, 6.07) is 2.34. The molecule has 0 N–H and O–H groups in total. The Balaban J connectivity index is 1.19. The van der Waals surface area contributed by atoms with E-state index in [0.717, 1.165) is 38.3 Å². The van der Waals surface area contributed by atoms with Crippen LogP contribution < -0.4 is 14.4 Å². The predicted octanol–water partition coefficient (Wildman–Crippen LogP) is 4.11. The Morgan fingerprint density at radius 3 is 2.34 bits per heavy atom. The van der Waals surface area contributed by atoms with Gasteiger partial charge in [-0.1, -0.05) is 0 Å². The van der Waals surface area contributed by atoms with Crippen LogP contribution in [0.15, 0.2) is 24.5 Å². The zero-order valence-corrected chi connectivity index (χ0v) is 20.7. The van der Waals surface area contributed by atoms with E-state index in [0.29, 0.717) is 36.7 Å². The lowest BCUT2D eigenvalue weighted by Crippen LogP contribution is -2.35. The van der Waals surface area contributed by atoms with Gasteiger partial charge in [0.25, 0.3) is 0 Å². The van der Waals surface area contributed by atoms with E-state index in [1.807, 2.05) is 6.92 Å². The Morgan fingerprint density at radius 1 is 1.09 bits per heavy atom. The van der Waals surface area contributed by atoms with Gasteiger partial charge in [-0.3, -0.25) is 4.79 Å². The van der Waals surface area contributed by atoms with Crippen molar-refractivity contribution in [1.82, 2.24) is 14.9 Å². The summed E-state index contributed by atoms with van der Waals surface area (Å²) in [5.74, 6) is 1.73. The van der Waals surface area contributed by atoms with Crippen molar-refractivity contribution in [3.8, 4) is 11.5 Å². The van der Waals surface area contributed by atoms with Crippen molar-refractivity contribution < 1.29 is 23.0 Å². The number of amides is 1. The highest BCUT2D eigenvalue weighted by Crippen LogP contribution is 2.49. The van der Waals surface area contributed by atoms with E-state index in [1.165, 1.54) is 23.5 Å². The van der Waals surface area contributed by atoms with Crippen LogP contribution in [0, 0.1) is 29.4 Å². The minimum absolute atomic E-state index is 0.168. The molecule has 0 spiro atoms. The Hall–Kier alpha value is -2.97. The number of anilines is 1. The standard InChI is InChI=1S/C26H34F2N4O3/c1-4-34-20-15-29-26(30-16-20)32-8-5-17(6-9-32)21-11-18(21)7-10-35-19-12-23(27)22(24(28)13-19)14-25(33)31(2)3/h12-13,15-18,21H,4-11,14H2,1-3H3/t18-,21-/m0/s1. The topological polar surface area (TPSA) is 67.8 Å². The first-order valence-corrected chi connectivity index (χ1v) is 12.4. The van der Waals surface area contributed by atoms with Crippen molar-refractivity contribution in [2.75, 3.05) is 45.3 Å². The van der Waals surface area contributed by atoms with Crippen LogP contribution in [-0.2, 0) is 11.2 Å². The molecule has 9 heteroatoms. The number of piperidine rings is 1. The van der Waals surface area contributed by atoms with Gasteiger partial charge in [0.15, 0.2) is 5.75 Å². The smallest absolute Gasteiger partial charge is 0.226 e. The van der Waals surface area contributed by atoms with Crippen molar-refractivity contribution in [2.45, 2.75) is 39.0 Å². The molecule has 2 atom stereocenters. The van der Waals surface area contributed by atoms with Crippen LogP contribution in [-0.4, -0.2) is 61.2 Å². The summed E-state index contributed by atoms with van der Waals surface area (Å²) in [5, 5.41) is 0. The van der Waals surface area contributed by atoms with Crippen LogP contribution >= 0.6 is 0 Å². The SMILES string of the molecule is CCOc1cnc(N2CCC([C@@H]3C[C@@H]3CCOc3cc(F)c(CC(=O)N(C)C)c(F)c3)CC2)nc1. The van der Waals surface area contributed by atoms with Crippen LogP contribution in [0.3, 0.4) is 0 Å².